The Balaban J connectivity index is 1.84. The van der Waals surface area contributed by atoms with Gasteiger partial charge in [0.1, 0.15) is 5.75 Å². The van der Waals surface area contributed by atoms with Gasteiger partial charge in [-0.3, -0.25) is 9.89 Å². The molecule has 2 heterocycles. The van der Waals surface area contributed by atoms with E-state index in [1.165, 1.54) is 0 Å². The summed E-state index contributed by atoms with van der Waals surface area (Å²) in [5.74, 6) is -0.0428. The number of aromatic nitrogens is 2. The number of carbonyl (C=O) groups is 1. The number of aromatic amines is 1. The highest BCUT2D eigenvalue weighted by molar-refractivity contribution is 5.73. The molecule has 1 aliphatic heterocycles. The number of aryl methyl sites for hydroxylation is 2. The zero-order chi connectivity index (χ0) is 18.0. The number of nitrogens with two attached hydrogens (primary N) is 1. The predicted molar refractivity (Wildman–Crippen MR) is 97.9 cm³/mol. The van der Waals surface area contributed by atoms with E-state index in [4.69, 9.17) is 5.73 Å². The molecule has 25 heavy (non-hydrogen) atoms. The molecule has 0 bridgehead atoms. The molecule has 1 saturated heterocycles. The first kappa shape index (κ1) is 17.1. The smallest absolute Gasteiger partial charge is 0.217 e. The molecule has 0 spiro atoms. The van der Waals surface area contributed by atoms with Crippen molar-refractivity contribution in [3.05, 3.63) is 35.7 Å². The van der Waals surface area contributed by atoms with Crippen LogP contribution >= 0.6 is 0 Å². The second-order valence-electron chi connectivity index (χ2n) is 6.60. The van der Waals surface area contributed by atoms with Crippen LogP contribution in [0.5, 0.6) is 5.75 Å². The lowest BCUT2D eigenvalue weighted by atomic mass is 10.0. The van der Waals surface area contributed by atoms with Crippen molar-refractivity contribution >= 4 is 17.3 Å². The van der Waals surface area contributed by atoms with Gasteiger partial charge in [-0.2, -0.15) is 5.10 Å². The fraction of sp³-hybridized carbons (Fsp3) is 0.444. The van der Waals surface area contributed by atoms with E-state index >= 15 is 0 Å². The Bertz CT molecular complexity index is 738. The standard InChI is InChI=1S/C18H25N5O2/c1-12-18(13(2)21-20-12)22-8-9-23(14-4-3-5-16(24)10-14)15(11-22)6-7-17(19)25/h3-5,10,15,24H,6-9,11H2,1-2H3,(H2,19,25)(H,20,21). The zero-order valence-corrected chi connectivity index (χ0v) is 14.7. The van der Waals surface area contributed by atoms with Crippen molar-refractivity contribution in [3.8, 4) is 5.75 Å². The van der Waals surface area contributed by atoms with Crippen LogP contribution in [0.1, 0.15) is 24.2 Å². The van der Waals surface area contributed by atoms with Crippen LogP contribution in [0.3, 0.4) is 0 Å². The highest BCUT2D eigenvalue weighted by Crippen LogP contribution is 2.30. The highest BCUT2D eigenvalue weighted by atomic mass is 16.3. The van der Waals surface area contributed by atoms with Gasteiger partial charge in [-0.05, 0) is 32.4 Å². The molecule has 7 nitrogen and oxygen atoms in total. The summed E-state index contributed by atoms with van der Waals surface area (Å²) in [4.78, 5) is 15.9. The number of nitrogens with one attached hydrogen (secondary N) is 1. The maximum absolute atomic E-state index is 11.3. The van der Waals surface area contributed by atoms with Crippen molar-refractivity contribution in [1.29, 1.82) is 0 Å². The average molecular weight is 343 g/mol. The first-order chi connectivity index (χ1) is 12.0. The Hall–Kier alpha value is -2.70. The molecule has 134 valence electrons. The molecular weight excluding hydrogens is 318 g/mol. The molecule has 1 fully saturated rings. The van der Waals surface area contributed by atoms with Crippen molar-refractivity contribution in [2.24, 2.45) is 5.73 Å². The van der Waals surface area contributed by atoms with E-state index in [9.17, 15) is 9.90 Å². The molecule has 1 aromatic heterocycles. The first-order valence-electron chi connectivity index (χ1n) is 8.56. The van der Waals surface area contributed by atoms with Crippen LogP contribution in [0, 0.1) is 13.8 Å². The number of nitrogens with zero attached hydrogens (tertiary/aromatic N) is 3. The minimum atomic E-state index is -0.288. The summed E-state index contributed by atoms with van der Waals surface area (Å²) in [6.07, 6.45) is 1.02. The Morgan fingerprint density at radius 3 is 2.84 bits per heavy atom. The van der Waals surface area contributed by atoms with E-state index in [1.54, 1.807) is 12.1 Å². The van der Waals surface area contributed by atoms with E-state index in [0.29, 0.717) is 12.8 Å². The van der Waals surface area contributed by atoms with Gasteiger partial charge < -0.3 is 20.6 Å². The van der Waals surface area contributed by atoms with Crippen LogP contribution in [0.15, 0.2) is 24.3 Å². The number of piperazine rings is 1. The van der Waals surface area contributed by atoms with Gasteiger partial charge in [-0.1, -0.05) is 6.07 Å². The number of phenols is 1. The number of aromatic hydroxyl groups is 1. The van der Waals surface area contributed by atoms with Crippen molar-refractivity contribution in [1.82, 2.24) is 10.2 Å². The monoisotopic (exact) mass is 343 g/mol. The summed E-state index contributed by atoms with van der Waals surface area (Å²) in [7, 11) is 0. The Morgan fingerprint density at radius 2 is 2.20 bits per heavy atom. The molecule has 4 N–H and O–H groups in total. The largest absolute Gasteiger partial charge is 0.508 e. The Labute approximate surface area is 147 Å². The number of primary amides is 1. The van der Waals surface area contributed by atoms with Crippen molar-refractivity contribution in [3.63, 3.8) is 0 Å². The number of anilines is 2. The summed E-state index contributed by atoms with van der Waals surface area (Å²) in [5.41, 5.74) is 9.51. The fourth-order valence-electron chi connectivity index (χ4n) is 3.64. The summed E-state index contributed by atoms with van der Waals surface area (Å²) >= 11 is 0. The second-order valence-corrected chi connectivity index (χ2v) is 6.60. The molecule has 0 radical (unpaired) electrons. The van der Waals surface area contributed by atoms with E-state index in [2.05, 4.69) is 20.0 Å². The third kappa shape index (κ3) is 3.70. The number of phenolic OH excluding ortho intramolecular Hbond substituents is 1. The van der Waals surface area contributed by atoms with E-state index in [-0.39, 0.29) is 17.7 Å². The van der Waals surface area contributed by atoms with Gasteiger partial charge in [0.05, 0.1) is 17.1 Å². The van der Waals surface area contributed by atoms with Crippen LogP contribution in [0.4, 0.5) is 11.4 Å². The van der Waals surface area contributed by atoms with Crippen LogP contribution in [-0.4, -0.2) is 46.9 Å². The number of benzene rings is 1. The molecule has 0 saturated carbocycles. The predicted octanol–water partition coefficient (Wildman–Crippen LogP) is 1.69. The molecule has 1 atom stereocenters. The maximum atomic E-state index is 11.3. The van der Waals surface area contributed by atoms with Crippen molar-refractivity contribution in [2.45, 2.75) is 32.7 Å². The Morgan fingerprint density at radius 1 is 1.40 bits per heavy atom. The first-order valence-corrected chi connectivity index (χ1v) is 8.56. The van der Waals surface area contributed by atoms with Gasteiger partial charge in [-0.25, -0.2) is 0 Å². The minimum absolute atomic E-state index is 0.136. The van der Waals surface area contributed by atoms with Gasteiger partial charge in [0.15, 0.2) is 0 Å². The number of H-pyrrole nitrogens is 1. The third-order valence-corrected chi connectivity index (χ3v) is 4.77. The SMILES string of the molecule is Cc1n[nH]c(C)c1N1CCN(c2cccc(O)c2)C(CCC(N)=O)C1. The number of carbonyl (C=O) groups excluding carboxylic acids is 1. The van der Waals surface area contributed by atoms with E-state index < -0.39 is 0 Å². The van der Waals surface area contributed by atoms with Crippen LogP contribution < -0.4 is 15.5 Å². The van der Waals surface area contributed by atoms with Gasteiger partial charge in [0.2, 0.25) is 5.91 Å². The molecule has 0 aliphatic carbocycles. The van der Waals surface area contributed by atoms with Crippen LogP contribution in [-0.2, 0) is 4.79 Å². The lowest BCUT2D eigenvalue weighted by Gasteiger charge is -2.44. The summed E-state index contributed by atoms with van der Waals surface area (Å²) in [6.45, 7) is 6.46. The highest BCUT2D eigenvalue weighted by Gasteiger charge is 2.29. The number of rotatable bonds is 5. The number of amides is 1. The quantitative estimate of drug-likeness (QED) is 0.767. The normalized spacial score (nSPS) is 17.8. The molecule has 1 aliphatic rings. The molecule has 1 aromatic carbocycles. The average Bonchev–Trinajstić information content (AvgIpc) is 2.91. The lowest BCUT2D eigenvalue weighted by Crippen LogP contribution is -2.54. The molecule has 1 amide bonds. The fourth-order valence-corrected chi connectivity index (χ4v) is 3.64. The topological polar surface area (TPSA) is 98.5 Å². The molecule has 7 heteroatoms. The van der Waals surface area contributed by atoms with Crippen LogP contribution in [0.25, 0.3) is 0 Å². The minimum Gasteiger partial charge on any atom is -0.508 e. The summed E-state index contributed by atoms with van der Waals surface area (Å²) in [5, 5.41) is 17.1. The van der Waals surface area contributed by atoms with Gasteiger partial charge in [-0.15, -0.1) is 0 Å². The van der Waals surface area contributed by atoms with Crippen molar-refractivity contribution in [2.75, 3.05) is 29.4 Å². The lowest BCUT2D eigenvalue weighted by molar-refractivity contribution is -0.118. The third-order valence-electron chi connectivity index (χ3n) is 4.77. The summed E-state index contributed by atoms with van der Waals surface area (Å²) in [6, 6.07) is 7.39. The molecule has 1 unspecified atom stereocenters. The molecule has 3 rings (SSSR count). The number of hydrogen-bond donors (Lipinski definition) is 3. The zero-order valence-electron chi connectivity index (χ0n) is 14.7. The van der Waals surface area contributed by atoms with Gasteiger partial charge in [0.25, 0.3) is 0 Å². The van der Waals surface area contributed by atoms with Gasteiger partial charge >= 0.3 is 0 Å². The maximum Gasteiger partial charge on any atom is 0.217 e. The summed E-state index contributed by atoms with van der Waals surface area (Å²) < 4.78 is 0. The van der Waals surface area contributed by atoms with Crippen molar-refractivity contribution < 1.29 is 9.90 Å². The molecule has 2 aromatic rings. The van der Waals surface area contributed by atoms with E-state index in [1.807, 2.05) is 26.0 Å². The Kier molecular flexibility index (Phi) is 4.83. The second kappa shape index (κ2) is 7.04. The van der Waals surface area contributed by atoms with Gasteiger partial charge in [0, 0.05) is 43.9 Å². The molecular formula is C18H25N5O2. The van der Waals surface area contributed by atoms with Crippen LogP contribution in [0.2, 0.25) is 0 Å². The number of hydrogen-bond acceptors (Lipinski definition) is 5. The van der Waals surface area contributed by atoms with E-state index in [0.717, 1.165) is 42.4 Å².